The van der Waals surface area contributed by atoms with Crippen molar-refractivity contribution in [2.45, 2.75) is 103 Å². The van der Waals surface area contributed by atoms with E-state index in [0.29, 0.717) is 11.7 Å². The molecule has 0 radical (unpaired) electrons. The van der Waals surface area contributed by atoms with E-state index >= 15 is 0 Å². The van der Waals surface area contributed by atoms with Gasteiger partial charge in [-0.3, -0.25) is 0 Å². The zero-order valence-corrected chi connectivity index (χ0v) is 16.7. The largest absolute Gasteiger partial charge is 0.508 e. The molecule has 1 heteroatoms. The van der Waals surface area contributed by atoms with Gasteiger partial charge in [0.2, 0.25) is 0 Å². The fraction of sp³-hybridized carbons (Fsp3) is 0.750. The van der Waals surface area contributed by atoms with Gasteiger partial charge in [-0.25, -0.2) is 0 Å². The van der Waals surface area contributed by atoms with E-state index in [1.165, 1.54) is 89.0 Å². The van der Waals surface area contributed by atoms with Crippen molar-refractivity contribution < 1.29 is 5.11 Å². The van der Waals surface area contributed by atoms with E-state index in [-0.39, 0.29) is 0 Å². The average Bonchev–Trinajstić information content (AvgIpc) is 2.64. The molecule has 2 rings (SSSR count). The van der Waals surface area contributed by atoms with E-state index in [0.717, 1.165) is 11.8 Å². The first-order chi connectivity index (χ1) is 12.2. The van der Waals surface area contributed by atoms with Crippen molar-refractivity contribution in [3.8, 4) is 5.75 Å². The van der Waals surface area contributed by atoms with Crippen LogP contribution in [0.3, 0.4) is 0 Å². The molecule has 0 saturated heterocycles. The zero-order valence-electron chi connectivity index (χ0n) is 16.7. The van der Waals surface area contributed by atoms with Gasteiger partial charge in [-0.2, -0.15) is 0 Å². The normalized spacial score (nSPS) is 22.0. The number of rotatable bonds is 11. The van der Waals surface area contributed by atoms with Gasteiger partial charge in [0, 0.05) is 0 Å². The third kappa shape index (κ3) is 7.42. The molecule has 1 unspecified atom stereocenters. The summed E-state index contributed by atoms with van der Waals surface area (Å²) in [5.41, 5.74) is 1.42. The molecule has 25 heavy (non-hydrogen) atoms. The number of unbranched alkanes of at least 4 members (excludes halogenated alkanes) is 7. The van der Waals surface area contributed by atoms with E-state index in [4.69, 9.17) is 0 Å². The van der Waals surface area contributed by atoms with Crippen LogP contribution >= 0.6 is 0 Å². The van der Waals surface area contributed by atoms with Gasteiger partial charge in [-0.15, -0.1) is 0 Å². The van der Waals surface area contributed by atoms with Crippen LogP contribution in [0.5, 0.6) is 5.75 Å². The molecule has 1 aromatic rings. The van der Waals surface area contributed by atoms with Gasteiger partial charge in [0.15, 0.2) is 0 Å². The second kappa shape index (κ2) is 11.6. The molecule has 1 N–H and O–H groups in total. The summed E-state index contributed by atoms with van der Waals surface area (Å²) in [6.45, 7) is 4.78. The Kier molecular flexibility index (Phi) is 9.43. The summed E-state index contributed by atoms with van der Waals surface area (Å²) >= 11 is 0. The predicted molar refractivity (Wildman–Crippen MR) is 109 cm³/mol. The molecule has 0 bridgehead atoms. The van der Waals surface area contributed by atoms with Crippen LogP contribution in [0.15, 0.2) is 24.3 Å². The van der Waals surface area contributed by atoms with Crippen molar-refractivity contribution in [2.24, 2.45) is 11.8 Å². The van der Waals surface area contributed by atoms with Crippen LogP contribution in [0, 0.1) is 11.8 Å². The van der Waals surface area contributed by atoms with Crippen LogP contribution in [-0.2, 0) is 0 Å². The monoisotopic (exact) mass is 344 g/mol. The summed E-state index contributed by atoms with van der Waals surface area (Å²) in [4.78, 5) is 0. The molecule has 1 fully saturated rings. The van der Waals surface area contributed by atoms with Crippen molar-refractivity contribution >= 4 is 0 Å². The summed E-state index contributed by atoms with van der Waals surface area (Å²) in [6.07, 6.45) is 18.3. The summed E-state index contributed by atoms with van der Waals surface area (Å²) in [7, 11) is 0. The van der Waals surface area contributed by atoms with Crippen LogP contribution in [0.4, 0.5) is 0 Å². The lowest BCUT2D eigenvalue weighted by molar-refractivity contribution is 0.231. The van der Waals surface area contributed by atoms with Crippen molar-refractivity contribution in [1.29, 1.82) is 0 Å². The fourth-order valence-corrected chi connectivity index (χ4v) is 4.60. The molecule has 1 aliphatic carbocycles. The highest BCUT2D eigenvalue weighted by molar-refractivity contribution is 5.28. The van der Waals surface area contributed by atoms with Crippen LogP contribution in [0.1, 0.15) is 109 Å². The number of benzene rings is 1. The second-order valence-electron chi connectivity index (χ2n) is 8.44. The standard InChI is InChI=1S/C24H40O/c1-3-4-5-6-7-8-9-10-11-20(2)21-12-14-22(15-13-21)23-16-18-24(25)19-17-23/h16-22,25H,3-15H2,1-2H3. The Morgan fingerprint density at radius 3 is 2.00 bits per heavy atom. The van der Waals surface area contributed by atoms with Crippen LogP contribution in [0.2, 0.25) is 0 Å². The minimum Gasteiger partial charge on any atom is -0.508 e. The first-order valence-electron chi connectivity index (χ1n) is 11.0. The van der Waals surface area contributed by atoms with Gasteiger partial charge in [-0.1, -0.05) is 83.8 Å². The summed E-state index contributed by atoms with van der Waals surface area (Å²) < 4.78 is 0. The molecule has 0 aromatic heterocycles. The Bertz CT molecular complexity index is 442. The lowest BCUT2D eigenvalue weighted by Gasteiger charge is -2.32. The van der Waals surface area contributed by atoms with Gasteiger partial charge < -0.3 is 5.11 Å². The Hall–Kier alpha value is -0.980. The highest BCUT2D eigenvalue weighted by Gasteiger charge is 2.25. The third-order valence-electron chi connectivity index (χ3n) is 6.45. The number of hydrogen-bond acceptors (Lipinski definition) is 1. The summed E-state index contributed by atoms with van der Waals surface area (Å²) in [5, 5.41) is 9.44. The average molecular weight is 345 g/mol. The minimum absolute atomic E-state index is 0.386. The Labute approximate surface area is 156 Å². The van der Waals surface area contributed by atoms with Crippen LogP contribution in [-0.4, -0.2) is 5.11 Å². The Morgan fingerprint density at radius 1 is 0.840 bits per heavy atom. The number of phenols is 1. The van der Waals surface area contributed by atoms with Gasteiger partial charge in [0.1, 0.15) is 5.75 Å². The van der Waals surface area contributed by atoms with Crippen LogP contribution in [0.25, 0.3) is 0 Å². The SMILES string of the molecule is CCCCCCCCCCC(C)C1CCC(c2ccc(O)cc2)CC1. The lowest BCUT2D eigenvalue weighted by Crippen LogP contribution is -2.19. The molecular formula is C24H40O. The Morgan fingerprint density at radius 2 is 1.40 bits per heavy atom. The number of hydrogen-bond donors (Lipinski definition) is 1. The molecular weight excluding hydrogens is 304 g/mol. The molecule has 1 nitrogen and oxygen atoms in total. The smallest absolute Gasteiger partial charge is 0.115 e. The molecule has 0 spiro atoms. The van der Waals surface area contributed by atoms with Crippen molar-refractivity contribution in [2.75, 3.05) is 0 Å². The van der Waals surface area contributed by atoms with E-state index in [1.807, 2.05) is 12.1 Å². The molecule has 0 heterocycles. The van der Waals surface area contributed by atoms with Crippen LogP contribution < -0.4 is 0 Å². The fourth-order valence-electron chi connectivity index (χ4n) is 4.60. The molecule has 0 aliphatic heterocycles. The highest BCUT2D eigenvalue weighted by Crippen LogP contribution is 2.40. The topological polar surface area (TPSA) is 20.2 Å². The van der Waals surface area contributed by atoms with E-state index < -0.39 is 0 Å². The van der Waals surface area contributed by atoms with E-state index in [9.17, 15) is 5.11 Å². The predicted octanol–water partition coefficient (Wildman–Crippen LogP) is 7.83. The van der Waals surface area contributed by atoms with E-state index in [1.54, 1.807) is 0 Å². The quantitative estimate of drug-likeness (QED) is 0.405. The molecule has 1 saturated carbocycles. The second-order valence-corrected chi connectivity index (χ2v) is 8.44. The molecule has 1 atom stereocenters. The first kappa shape index (κ1) is 20.3. The van der Waals surface area contributed by atoms with Gasteiger partial charge in [0.05, 0.1) is 0 Å². The maximum Gasteiger partial charge on any atom is 0.115 e. The first-order valence-corrected chi connectivity index (χ1v) is 11.0. The summed E-state index contributed by atoms with van der Waals surface area (Å²) in [5.74, 6) is 2.95. The van der Waals surface area contributed by atoms with Crippen molar-refractivity contribution in [1.82, 2.24) is 0 Å². The maximum atomic E-state index is 9.44. The summed E-state index contributed by atoms with van der Waals surface area (Å²) in [6, 6.07) is 7.91. The molecule has 142 valence electrons. The number of aromatic hydroxyl groups is 1. The van der Waals surface area contributed by atoms with Crippen molar-refractivity contribution in [3.05, 3.63) is 29.8 Å². The van der Waals surface area contributed by atoms with Gasteiger partial charge in [0.25, 0.3) is 0 Å². The van der Waals surface area contributed by atoms with Crippen molar-refractivity contribution in [3.63, 3.8) is 0 Å². The molecule has 0 amide bonds. The third-order valence-corrected chi connectivity index (χ3v) is 6.45. The lowest BCUT2D eigenvalue weighted by atomic mass is 9.73. The van der Waals surface area contributed by atoms with E-state index in [2.05, 4.69) is 26.0 Å². The molecule has 1 aliphatic rings. The Balaban J connectivity index is 1.56. The number of phenolic OH excluding ortho intramolecular Hbond substituents is 1. The maximum absolute atomic E-state index is 9.44. The minimum atomic E-state index is 0.386. The van der Waals surface area contributed by atoms with Gasteiger partial charge >= 0.3 is 0 Å². The molecule has 1 aromatic carbocycles. The zero-order chi connectivity index (χ0) is 17.9. The highest BCUT2D eigenvalue weighted by atomic mass is 16.3. The van der Waals surface area contributed by atoms with Gasteiger partial charge in [-0.05, 0) is 61.1 Å².